The minimum absolute atomic E-state index is 0. The lowest BCUT2D eigenvalue weighted by Crippen LogP contribution is -3.00. The summed E-state index contributed by atoms with van der Waals surface area (Å²) in [6.45, 7) is 6.90. The Bertz CT molecular complexity index is 442. The summed E-state index contributed by atoms with van der Waals surface area (Å²) < 4.78 is 0. The van der Waals surface area contributed by atoms with Crippen molar-refractivity contribution < 1.29 is 40.0 Å². The van der Waals surface area contributed by atoms with E-state index in [9.17, 15) is 4.79 Å². The summed E-state index contributed by atoms with van der Waals surface area (Å²) in [5.74, 6) is 2.17. The molecule has 2 rings (SSSR count). The zero-order chi connectivity index (χ0) is 14.5. The largest absolute Gasteiger partial charge is 1.00 e. The molecule has 1 saturated carbocycles. The number of halogens is 2. The number of nitrogens with two attached hydrogens (primary N) is 1. The zero-order valence-corrected chi connectivity index (χ0v) is 15.0. The number of amides is 1. The Morgan fingerprint density at radius 1 is 1.27 bits per heavy atom. The molecule has 126 valence electrons. The van der Waals surface area contributed by atoms with Crippen molar-refractivity contribution in [1.82, 2.24) is 5.43 Å². The Morgan fingerprint density at radius 3 is 2.50 bits per heavy atom. The van der Waals surface area contributed by atoms with Crippen molar-refractivity contribution in [3.8, 4) is 0 Å². The fraction of sp³-hybridized carbons (Fsp3) is 0.625. The normalized spacial score (nSPS) is 24.1. The molecule has 0 radical (unpaired) electrons. The molecule has 0 saturated heterocycles. The van der Waals surface area contributed by atoms with Gasteiger partial charge in [0, 0.05) is 24.5 Å². The van der Waals surface area contributed by atoms with E-state index in [2.05, 4.69) is 31.2 Å². The third-order valence-corrected chi connectivity index (χ3v) is 4.65. The number of nitrogen functional groups attached to an aromatic ring is 1. The second-order valence-corrected chi connectivity index (χ2v) is 6.39. The molecule has 4 nitrogen and oxygen atoms in total. The average Bonchev–Trinajstić information content (AvgIpc) is 2.46. The fourth-order valence-corrected chi connectivity index (χ4v) is 3.03. The van der Waals surface area contributed by atoms with Crippen LogP contribution in [0.15, 0.2) is 24.5 Å². The lowest BCUT2D eigenvalue weighted by molar-refractivity contribution is -0.738. The topological polar surface area (TPSA) is 59.9 Å². The molecule has 1 aliphatic rings. The second-order valence-electron chi connectivity index (χ2n) is 6.39. The summed E-state index contributed by atoms with van der Waals surface area (Å²) in [5.41, 5.74) is 5.70. The van der Waals surface area contributed by atoms with Crippen LogP contribution in [0.5, 0.6) is 0 Å². The monoisotopic (exact) mass is 347 g/mol. The molecule has 1 amide bonds. The number of nitrogens with one attached hydrogen (secondary N) is 2. The first-order valence-electron chi connectivity index (χ1n) is 7.68. The molecule has 1 aromatic rings. The highest BCUT2D eigenvalue weighted by molar-refractivity contribution is 5.92. The van der Waals surface area contributed by atoms with Crippen LogP contribution in [0, 0.1) is 17.8 Å². The van der Waals surface area contributed by atoms with E-state index >= 15 is 0 Å². The van der Waals surface area contributed by atoms with Crippen molar-refractivity contribution in [2.45, 2.75) is 46.1 Å². The lowest BCUT2D eigenvalue weighted by Gasteiger charge is -2.34. The summed E-state index contributed by atoms with van der Waals surface area (Å²) in [5, 5.41) is 0. The van der Waals surface area contributed by atoms with Gasteiger partial charge in [0.05, 0.1) is 5.56 Å². The quantitative estimate of drug-likeness (QED) is 0.320. The van der Waals surface area contributed by atoms with Crippen LogP contribution in [0.1, 0.15) is 50.4 Å². The molecule has 0 bridgehead atoms. The van der Waals surface area contributed by atoms with Crippen LogP contribution in [-0.2, 0) is 0 Å². The van der Waals surface area contributed by atoms with Crippen molar-refractivity contribution in [1.29, 1.82) is 0 Å². The smallest absolute Gasteiger partial charge is 0.296 e. The molecule has 3 unspecified atom stereocenters. The van der Waals surface area contributed by atoms with E-state index in [1.165, 1.54) is 19.3 Å². The maximum atomic E-state index is 12.1. The summed E-state index contributed by atoms with van der Waals surface area (Å²) in [6.07, 6.45) is 7.33. The first kappa shape index (κ1) is 21.2. The first-order valence-corrected chi connectivity index (χ1v) is 7.68. The van der Waals surface area contributed by atoms with E-state index in [0.29, 0.717) is 17.5 Å². The number of carbonyl (C=O) groups is 1. The summed E-state index contributed by atoms with van der Waals surface area (Å²) in [7, 11) is 0. The van der Waals surface area contributed by atoms with Crippen LogP contribution in [0.3, 0.4) is 0 Å². The van der Waals surface area contributed by atoms with Gasteiger partial charge in [0.2, 0.25) is 0 Å². The molecule has 6 heteroatoms. The average molecular weight is 348 g/mol. The molecule has 3 atom stereocenters. The van der Waals surface area contributed by atoms with E-state index in [-0.39, 0.29) is 30.7 Å². The number of aromatic amines is 1. The van der Waals surface area contributed by atoms with E-state index in [4.69, 9.17) is 0 Å². The van der Waals surface area contributed by atoms with Gasteiger partial charge in [-0.15, -0.1) is 0 Å². The Morgan fingerprint density at radius 2 is 1.91 bits per heavy atom. The van der Waals surface area contributed by atoms with Crippen molar-refractivity contribution in [2.24, 2.45) is 17.8 Å². The molecule has 0 aliphatic heterocycles. The molecule has 0 aromatic carbocycles. The van der Waals surface area contributed by atoms with Crippen LogP contribution < -0.4 is 40.6 Å². The van der Waals surface area contributed by atoms with Gasteiger partial charge in [0.15, 0.2) is 12.4 Å². The zero-order valence-electron chi connectivity index (χ0n) is 13.5. The number of hydrogen-bond donors (Lipinski definition) is 2. The van der Waals surface area contributed by atoms with Gasteiger partial charge in [0.25, 0.3) is 5.91 Å². The van der Waals surface area contributed by atoms with E-state index in [1.807, 2.05) is 5.43 Å². The molecule has 1 aromatic heterocycles. The van der Waals surface area contributed by atoms with Crippen molar-refractivity contribution in [2.75, 3.05) is 0 Å². The van der Waals surface area contributed by atoms with Crippen molar-refractivity contribution >= 4 is 5.91 Å². The van der Waals surface area contributed by atoms with Gasteiger partial charge in [-0.05, 0) is 24.7 Å². The Hall–Kier alpha value is -0.840. The highest BCUT2D eigenvalue weighted by Gasteiger charge is 2.32. The van der Waals surface area contributed by atoms with Gasteiger partial charge in [-0.3, -0.25) is 4.79 Å². The Kier molecular flexibility index (Phi) is 9.65. The molecule has 1 fully saturated rings. The predicted octanol–water partition coefficient (Wildman–Crippen LogP) is -4.82. The number of pyridine rings is 1. The van der Waals surface area contributed by atoms with Gasteiger partial charge >= 0.3 is 0 Å². The predicted molar refractivity (Wildman–Crippen MR) is 77.5 cm³/mol. The van der Waals surface area contributed by atoms with Crippen LogP contribution in [-0.4, -0.2) is 11.9 Å². The molecule has 4 N–H and O–H groups in total. The molecule has 1 heterocycles. The van der Waals surface area contributed by atoms with Crippen LogP contribution in [0.4, 0.5) is 0 Å². The third kappa shape index (κ3) is 5.75. The third-order valence-electron chi connectivity index (χ3n) is 4.65. The highest BCUT2D eigenvalue weighted by Crippen LogP contribution is 2.31. The van der Waals surface area contributed by atoms with Gasteiger partial charge in [0.1, 0.15) is 6.04 Å². The molecule has 0 spiro atoms. The maximum Gasteiger partial charge on any atom is 0.296 e. The van der Waals surface area contributed by atoms with Gasteiger partial charge < -0.3 is 24.8 Å². The second kappa shape index (κ2) is 10.0. The van der Waals surface area contributed by atoms with Crippen molar-refractivity contribution in [3.05, 3.63) is 30.1 Å². The Labute approximate surface area is 145 Å². The van der Waals surface area contributed by atoms with Gasteiger partial charge in [-0.2, -0.15) is 0 Å². The van der Waals surface area contributed by atoms with Gasteiger partial charge in [-0.1, -0.05) is 20.8 Å². The molecule has 1 aliphatic carbocycles. The molecular formula is C16H27Cl2N3O. The van der Waals surface area contributed by atoms with Crippen LogP contribution >= 0.6 is 0 Å². The molecular weight excluding hydrogens is 321 g/mol. The van der Waals surface area contributed by atoms with E-state index in [1.54, 1.807) is 24.5 Å². The van der Waals surface area contributed by atoms with Crippen LogP contribution in [0.2, 0.25) is 0 Å². The number of carbonyl (C=O) groups excluding carboxylic acids is 1. The maximum absolute atomic E-state index is 12.1. The minimum Gasteiger partial charge on any atom is -1.00 e. The lowest BCUT2D eigenvalue weighted by atomic mass is 9.75. The van der Waals surface area contributed by atoms with Crippen molar-refractivity contribution in [3.63, 3.8) is 0 Å². The minimum atomic E-state index is -0.0159. The first-order chi connectivity index (χ1) is 9.58. The highest BCUT2D eigenvalue weighted by atomic mass is 35.5. The summed E-state index contributed by atoms with van der Waals surface area (Å²) in [4.78, 5) is 15.0. The molecule has 22 heavy (non-hydrogen) atoms. The summed E-state index contributed by atoms with van der Waals surface area (Å²) in [6, 6.07) is 4.09. The standard InChI is InChI=1S/C16H25N3O.2ClH/c1-11(2)14-5-4-12(3)15(10-14)18-19-16(20)13-6-8-17-9-7-13;;/h6-9,11-12,14-15,18H,4-5,10H2,1-3H3,(H,19,20);2*1H. The SMILES string of the molecule is CC(C)C1CCC(C)C([NH2+]NC(=O)c2cc[nH+]cc2)C1.[Cl-].[Cl-]. The number of H-pyrrole nitrogens is 1. The summed E-state index contributed by atoms with van der Waals surface area (Å²) >= 11 is 0. The van der Waals surface area contributed by atoms with E-state index < -0.39 is 0 Å². The fourth-order valence-electron chi connectivity index (χ4n) is 3.03. The number of quaternary nitrogens is 1. The number of hydrogen-bond acceptors (Lipinski definition) is 1. The number of aromatic nitrogens is 1. The van der Waals surface area contributed by atoms with Gasteiger partial charge in [-0.25, -0.2) is 15.8 Å². The number of rotatable bonds is 4. The van der Waals surface area contributed by atoms with E-state index in [0.717, 1.165) is 11.8 Å². The van der Waals surface area contributed by atoms with Crippen LogP contribution in [0.25, 0.3) is 0 Å². The Balaban J connectivity index is 0.00000220.